The molecule has 2 aliphatic heterocycles. The third kappa shape index (κ3) is 3.83. The van der Waals surface area contributed by atoms with Crippen molar-refractivity contribution in [2.24, 2.45) is 0 Å². The third-order valence-corrected chi connectivity index (χ3v) is 4.82. The first-order valence-corrected chi connectivity index (χ1v) is 9.82. The van der Waals surface area contributed by atoms with Crippen molar-refractivity contribution in [3.05, 3.63) is 42.1 Å². The van der Waals surface area contributed by atoms with Gasteiger partial charge >= 0.3 is 12.1 Å². The number of nitrogens with zero attached hydrogens (tertiary/aromatic N) is 3. The van der Waals surface area contributed by atoms with Gasteiger partial charge in [0.25, 0.3) is 0 Å². The molecule has 1 aromatic carbocycles. The van der Waals surface area contributed by atoms with Gasteiger partial charge in [-0.15, -0.1) is 0 Å². The summed E-state index contributed by atoms with van der Waals surface area (Å²) in [4.78, 5) is 33.1. The zero-order valence-electron chi connectivity index (χ0n) is 17.2. The molecule has 4 rings (SSSR count). The number of nitrogens with two attached hydrogens (primary N) is 1. The lowest BCUT2D eigenvalue weighted by atomic mass is 10.0. The number of benzene rings is 1. The topological polar surface area (TPSA) is 110 Å². The van der Waals surface area contributed by atoms with Crippen LogP contribution in [-0.4, -0.2) is 45.6 Å². The fourth-order valence-corrected chi connectivity index (χ4v) is 3.59. The van der Waals surface area contributed by atoms with Crippen molar-refractivity contribution >= 4 is 23.6 Å². The number of fused-ring (bicyclic) bond motifs is 3. The molecule has 2 aliphatic rings. The van der Waals surface area contributed by atoms with Crippen LogP contribution in [0.5, 0.6) is 11.5 Å². The predicted molar refractivity (Wildman–Crippen MR) is 111 cm³/mol. The van der Waals surface area contributed by atoms with E-state index in [-0.39, 0.29) is 6.03 Å². The lowest BCUT2D eigenvalue weighted by Crippen LogP contribution is -2.56. The highest BCUT2D eigenvalue weighted by molar-refractivity contribution is 5.93. The number of pyridine rings is 1. The Labute approximate surface area is 174 Å². The molecule has 9 heteroatoms. The standard InChI is InChI=1S/C21H25N5O4/c1-21(2,3)30-20(28)26-12-4-11-25-18(26)16-15(9-10-23-17(16)24-19(25)27)29-14-7-5-13(22)6-8-14/h5-10,18H,4,11-12,22H2,1-3H3,(H,23,24,27). The Bertz CT molecular complexity index is 970. The average Bonchev–Trinajstić information content (AvgIpc) is 2.68. The number of aromatic nitrogens is 1. The van der Waals surface area contributed by atoms with Gasteiger partial charge in [-0.3, -0.25) is 15.1 Å². The maximum atomic E-state index is 13.0. The van der Waals surface area contributed by atoms with Crippen LogP contribution in [0.15, 0.2) is 36.5 Å². The molecule has 0 bridgehead atoms. The average molecular weight is 411 g/mol. The summed E-state index contributed by atoms with van der Waals surface area (Å²) in [6.07, 6.45) is 1.05. The van der Waals surface area contributed by atoms with Crippen LogP contribution in [0, 0.1) is 0 Å². The van der Waals surface area contributed by atoms with E-state index in [1.165, 1.54) is 0 Å². The summed E-state index contributed by atoms with van der Waals surface area (Å²) in [7, 11) is 0. The second-order valence-electron chi connectivity index (χ2n) is 8.27. The van der Waals surface area contributed by atoms with E-state index in [1.54, 1.807) is 46.3 Å². The molecule has 0 spiro atoms. The number of carbonyl (C=O) groups excluding carboxylic acids is 2. The molecule has 158 valence electrons. The van der Waals surface area contributed by atoms with Gasteiger partial charge in [0.15, 0.2) is 0 Å². The quantitative estimate of drug-likeness (QED) is 0.724. The van der Waals surface area contributed by atoms with Crippen molar-refractivity contribution in [1.82, 2.24) is 14.8 Å². The Kier molecular flexibility index (Phi) is 4.89. The fourth-order valence-electron chi connectivity index (χ4n) is 3.59. The van der Waals surface area contributed by atoms with E-state index < -0.39 is 17.9 Å². The molecule has 1 aromatic heterocycles. The van der Waals surface area contributed by atoms with Gasteiger partial charge in [0.1, 0.15) is 29.1 Å². The van der Waals surface area contributed by atoms with Crippen LogP contribution in [0.4, 0.5) is 21.1 Å². The van der Waals surface area contributed by atoms with Crippen molar-refractivity contribution in [2.75, 3.05) is 24.1 Å². The first-order chi connectivity index (χ1) is 14.2. The molecule has 0 saturated carbocycles. The number of urea groups is 1. The maximum absolute atomic E-state index is 13.0. The van der Waals surface area contributed by atoms with Gasteiger partial charge in [0.2, 0.25) is 0 Å². The van der Waals surface area contributed by atoms with Crippen molar-refractivity contribution in [3.8, 4) is 11.5 Å². The van der Waals surface area contributed by atoms with Crippen LogP contribution in [-0.2, 0) is 4.74 Å². The second kappa shape index (κ2) is 7.40. The third-order valence-electron chi connectivity index (χ3n) is 4.82. The van der Waals surface area contributed by atoms with Crippen LogP contribution in [0.2, 0.25) is 0 Å². The van der Waals surface area contributed by atoms with E-state index >= 15 is 0 Å². The summed E-state index contributed by atoms with van der Waals surface area (Å²) in [5.41, 5.74) is 6.34. The molecule has 1 saturated heterocycles. The normalized spacial score (nSPS) is 18.2. The number of nitrogen functional groups attached to an aromatic ring is 1. The van der Waals surface area contributed by atoms with Gasteiger partial charge < -0.3 is 15.2 Å². The van der Waals surface area contributed by atoms with Gasteiger partial charge in [0.05, 0.1) is 5.56 Å². The van der Waals surface area contributed by atoms with Gasteiger partial charge in [-0.05, 0) is 57.5 Å². The lowest BCUT2D eigenvalue weighted by Gasteiger charge is -2.46. The van der Waals surface area contributed by atoms with E-state index in [1.807, 2.05) is 20.8 Å². The second-order valence-corrected chi connectivity index (χ2v) is 8.27. The Morgan fingerprint density at radius 3 is 2.63 bits per heavy atom. The summed E-state index contributed by atoms with van der Waals surface area (Å²) in [6.45, 7) is 6.40. The number of amides is 3. The summed E-state index contributed by atoms with van der Waals surface area (Å²) in [5, 5.41) is 2.80. The molecular formula is C21H25N5O4. The molecule has 30 heavy (non-hydrogen) atoms. The summed E-state index contributed by atoms with van der Waals surface area (Å²) < 4.78 is 11.7. The molecular weight excluding hydrogens is 386 g/mol. The molecule has 2 aromatic rings. The van der Waals surface area contributed by atoms with Crippen molar-refractivity contribution in [1.29, 1.82) is 0 Å². The summed E-state index contributed by atoms with van der Waals surface area (Å²) in [5.74, 6) is 1.44. The molecule has 0 aliphatic carbocycles. The minimum atomic E-state index is -0.671. The number of hydrogen-bond acceptors (Lipinski definition) is 6. The molecule has 9 nitrogen and oxygen atoms in total. The summed E-state index contributed by atoms with van der Waals surface area (Å²) >= 11 is 0. The SMILES string of the molecule is CC(C)(C)OC(=O)N1CCCN2C(=O)Nc3nccc(Oc4ccc(N)cc4)c3C21. The van der Waals surface area contributed by atoms with Crippen LogP contribution in [0.1, 0.15) is 38.9 Å². The zero-order valence-corrected chi connectivity index (χ0v) is 17.2. The predicted octanol–water partition coefficient (Wildman–Crippen LogP) is 3.94. The number of hydrogen-bond donors (Lipinski definition) is 2. The first-order valence-electron chi connectivity index (χ1n) is 9.82. The van der Waals surface area contributed by atoms with E-state index in [0.29, 0.717) is 48.1 Å². The maximum Gasteiger partial charge on any atom is 0.412 e. The lowest BCUT2D eigenvalue weighted by molar-refractivity contribution is -0.0183. The number of anilines is 2. The van der Waals surface area contributed by atoms with Gasteiger partial charge in [-0.1, -0.05) is 0 Å². The Morgan fingerprint density at radius 1 is 1.20 bits per heavy atom. The van der Waals surface area contributed by atoms with Crippen LogP contribution in [0.3, 0.4) is 0 Å². The van der Waals surface area contributed by atoms with Crippen LogP contribution >= 0.6 is 0 Å². The Hall–Kier alpha value is -3.49. The molecule has 3 N–H and O–H groups in total. The highest BCUT2D eigenvalue weighted by Gasteiger charge is 2.44. The molecule has 1 unspecified atom stereocenters. The minimum Gasteiger partial charge on any atom is -0.457 e. The largest absolute Gasteiger partial charge is 0.457 e. The highest BCUT2D eigenvalue weighted by atomic mass is 16.6. The fraction of sp³-hybridized carbons (Fsp3) is 0.381. The van der Waals surface area contributed by atoms with Gasteiger partial charge in [-0.2, -0.15) is 0 Å². The Morgan fingerprint density at radius 2 is 1.93 bits per heavy atom. The van der Waals surface area contributed by atoms with Crippen molar-refractivity contribution in [2.45, 2.75) is 39.0 Å². The number of nitrogens with one attached hydrogen (secondary N) is 1. The zero-order chi connectivity index (χ0) is 21.5. The highest BCUT2D eigenvalue weighted by Crippen LogP contribution is 2.43. The van der Waals surface area contributed by atoms with Crippen molar-refractivity contribution < 1.29 is 19.1 Å². The van der Waals surface area contributed by atoms with E-state index in [9.17, 15) is 9.59 Å². The van der Waals surface area contributed by atoms with Crippen LogP contribution < -0.4 is 15.8 Å². The number of ether oxygens (including phenoxy) is 2. The molecule has 3 amide bonds. The van der Waals surface area contributed by atoms with Gasteiger partial charge in [0, 0.05) is 25.0 Å². The molecule has 3 heterocycles. The van der Waals surface area contributed by atoms with Crippen LogP contribution in [0.25, 0.3) is 0 Å². The number of rotatable bonds is 2. The smallest absolute Gasteiger partial charge is 0.412 e. The molecule has 0 radical (unpaired) electrons. The van der Waals surface area contributed by atoms with E-state index in [4.69, 9.17) is 15.2 Å². The van der Waals surface area contributed by atoms with E-state index in [2.05, 4.69) is 10.3 Å². The van der Waals surface area contributed by atoms with E-state index in [0.717, 1.165) is 0 Å². The molecule has 1 atom stereocenters. The minimum absolute atomic E-state index is 0.308. The monoisotopic (exact) mass is 411 g/mol. The first kappa shape index (κ1) is 19.8. The molecule has 1 fully saturated rings. The number of carbonyl (C=O) groups is 2. The van der Waals surface area contributed by atoms with Gasteiger partial charge in [-0.25, -0.2) is 14.6 Å². The Balaban J connectivity index is 1.75. The van der Waals surface area contributed by atoms with Crippen molar-refractivity contribution in [3.63, 3.8) is 0 Å². The summed E-state index contributed by atoms with van der Waals surface area (Å²) in [6, 6.07) is 8.40.